The van der Waals surface area contributed by atoms with Crippen LogP contribution in [-0.4, -0.2) is 40.0 Å². The monoisotopic (exact) mass is 394 g/mol. The summed E-state index contributed by atoms with van der Waals surface area (Å²) in [6, 6.07) is 5.60. The first kappa shape index (κ1) is 19.0. The molecule has 1 fully saturated rings. The smallest absolute Gasteiger partial charge is 0.230 e. The fraction of sp³-hybridized carbons (Fsp3) is 0.500. The standard InChI is InChI=1S/C18H23ClN4O2S/c1-11-5-3-4-6-14(11)20-16(24)10-26-18-21-17(22-23-18)13-9-12(19)7-8-15(13)25-2/h7-9,11,14H,3-6,10H2,1-2H3,(H,20,24)(H,21,22,23)/t11-,14-/m0/s1. The number of methoxy groups -OCH3 is 1. The molecule has 1 aliphatic carbocycles. The summed E-state index contributed by atoms with van der Waals surface area (Å²) in [6.07, 6.45) is 4.70. The van der Waals surface area contributed by atoms with Crippen LogP contribution in [0.3, 0.4) is 0 Å². The van der Waals surface area contributed by atoms with E-state index < -0.39 is 0 Å². The summed E-state index contributed by atoms with van der Waals surface area (Å²) in [6.45, 7) is 2.21. The number of hydrogen-bond donors (Lipinski definition) is 2. The van der Waals surface area contributed by atoms with Gasteiger partial charge in [-0.3, -0.25) is 9.89 Å². The van der Waals surface area contributed by atoms with Crippen LogP contribution in [-0.2, 0) is 4.79 Å². The van der Waals surface area contributed by atoms with Gasteiger partial charge in [-0.1, -0.05) is 43.1 Å². The van der Waals surface area contributed by atoms with Crippen LogP contribution in [0, 0.1) is 5.92 Å². The van der Waals surface area contributed by atoms with E-state index in [1.807, 2.05) is 0 Å². The maximum Gasteiger partial charge on any atom is 0.230 e. The number of aromatic amines is 1. The zero-order valence-corrected chi connectivity index (χ0v) is 16.5. The van der Waals surface area contributed by atoms with E-state index >= 15 is 0 Å². The number of nitrogens with zero attached hydrogens (tertiary/aromatic N) is 2. The summed E-state index contributed by atoms with van der Waals surface area (Å²) >= 11 is 7.37. The van der Waals surface area contributed by atoms with Crippen molar-refractivity contribution in [3.8, 4) is 17.1 Å². The number of benzene rings is 1. The van der Waals surface area contributed by atoms with Crippen LogP contribution in [0.2, 0.25) is 5.02 Å². The number of nitrogens with one attached hydrogen (secondary N) is 2. The van der Waals surface area contributed by atoms with Gasteiger partial charge in [-0.05, 0) is 37.0 Å². The minimum absolute atomic E-state index is 0.0282. The van der Waals surface area contributed by atoms with E-state index in [4.69, 9.17) is 16.3 Å². The lowest BCUT2D eigenvalue weighted by molar-refractivity contribution is -0.119. The first-order valence-corrected chi connectivity index (χ1v) is 10.1. The molecule has 1 aliphatic rings. The number of aromatic nitrogens is 3. The Kier molecular flexibility index (Phi) is 6.43. The molecule has 0 saturated heterocycles. The summed E-state index contributed by atoms with van der Waals surface area (Å²) in [5.74, 6) is 2.09. The molecule has 1 aromatic heterocycles. The second-order valence-electron chi connectivity index (χ2n) is 6.54. The maximum atomic E-state index is 12.2. The Balaban J connectivity index is 1.59. The average molecular weight is 395 g/mol. The van der Waals surface area contributed by atoms with E-state index in [0.717, 1.165) is 12.0 Å². The lowest BCUT2D eigenvalue weighted by atomic mass is 9.86. The van der Waals surface area contributed by atoms with Crippen molar-refractivity contribution in [3.05, 3.63) is 23.2 Å². The molecule has 2 N–H and O–H groups in total. The highest BCUT2D eigenvalue weighted by molar-refractivity contribution is 7.99. The van der Waals surface area contributed by atoms with Crippen molar-refractivity contribution in [1.29, 1.82) is 0 Å². The number of carbonyl (C=O) groups is 1. The SMILES string of the molecule is COc1ccc(Cl)cc1-c1nc(SCC(=O)N[C@H]2CCCC[C@@H]2C)n[nH]1. The third kappa shape index (κ3) is 4.71. The van der Waals surface area contributed by atoms with Crippen LogP contribution in [0.25, 0.3) is 11.4 Å². The lowest BCUT2D eigenvalue weighted by Crippen LogP contribution is -2.41. The highest BCUT2D eigenvalue weighted by atomic mass is 35.5. The van der Waals surface area contributed by atoms with Gasteiger partial charge in [-0.15, -0.1) is 5.10 Å². The van der Waals surface area contributed by atoms with Crippen molar-refractivity contribution >= 4 is 29.3 Å². The van der Waals surface area contributed by atoms with Gasteiger partial charge >= 0.3 is 0 Å². The molecule has 0 unspecified atom stereocenters. The lowest BCUT2D eigenvalue weighted by Gasteiger charge is -2.29. The van der Waals surface area contributed by atoms with E-state index in [1.165, 1.54) is 31.0 Å². The topological polar surface area (TPSA) is 79.9 Å². The largest absolute Gasteiger partial charge is 0.496 e. The van der Waals surface area contributed by atoms with Crippen molar-refractivity contribution < 1.29 is 9.53 Å². The number of amides is 1. The number of rotatable bonds is 6. The van der Waals surface area contributed by atoms with E-state index in [2.05, 4.69) is 27.4 Å². The predicted molar refractivity (Wildman–Crippen MR) is 104 cm³/mol. The Morgan fingerprint density at radius 2 is 2.23 bits per heavy atom. The molecule has 0 bridgehead atoms. The first-order valence-electron chi connectivity index (χ1n) is 8.75. The van der Waals surface area contributed by atoms with E-state index in [9.17, 15) is 4.79 Å². The minimum atomic E-state index is 0.0282. The van der Waals surface area contributed by atoms with Crippen molar-refractivity contribution in [3.63, 3.8) is 0 Å². The van der Waals surface area contributed by atoms with Gasteiger partial charge in [-0.2, -0.15) is 0 Å². The molecule has 1 aromatic carbocycles. The number of H-pyrrole nitrogens is 1. The molecular formula is C18H23ClN4O2S. The molecule has 1 heterocycles. The van der Waals surface area contributed by atoms with E-state index in [-0.39, 0.29) is 11.9 Å². The van der Waals surface area contributed by atoms with Crippen LogP contribution in [0.5, 0.6) is 5.75 Å². The Labute approximate surface area is 162 Å². The van der Waals surface area contributed by atoms with E-state index in [1.54, 1.807) is 25.3 Å². The Morgan fingerprint density at radius 3 is 3.00 bits per heavy atom. The molecule has 0 radical (unpaired) electrons. The number of hydrogen-bond acceptors (Lipinski definition) is 5. The van der Waals surface area contributed by atoms with Gasteiger partial charge in [0.2, 0.25) is 11.1 Å². The fourth-order valence-corrected chi connectivity index (χ4v) is 3.99. The summed E-state index contributed by atoms with van der Waals surface area (Å²) in [5, 5.41) is 11.3. The molecule has 2 aromatic rings. The molecular weight excluding hydrogens is 372 g/mol. The highest BCUT2D eigenvalue weighted by Crippen LogP contribution is 2.31. The van der Waals surface area contributed by atoms with Crippen LogP contribution < -0.4 is 10.1 Å². The van der Waals surface area contributed by atoms with E-state index in [0.29, 0.717) is 33.4 Å². The first-order chi connectivity index (χ1) is 12.6. The second kappa shape index (κ2) is 8.77. The average Bonchev–Trinajstić information content (AvgIpc) is 3.11. The number of thioether (sulfide) groups is 1. The third-order valence-corrected chi connectivity index (χ3v) is 5.75. The van der Waals surface area contributed by atoms with Crippen LogP contribution in [0.1, 0.15) is 32.6 Å². The fourth-order valence-electron chi connectivity index (χ4n) is 3.21. The minimum Gasteiger partial charge on any atom is -0.496 e. The molecule has 26 heavy (non-hydrogen) atoms. The summed E-state index contributed by atoms with van der Waals surface area (Å²) in [5.41, 5.74) is 0.736. The third-order valence-electron chi connectivity index (χ3n) is 4.67. The molecule has 0 aliphatic heterocycles. The van der Waals surface area contributed by atoms with Crippen LogP contribution >= 0.6 is 23.4 Å². The quantitative estimate of drug-likeness (QED) is 0.726. The van der Waals surface area contributed by atoms with Gasteiger partial charge in [0.15, 0.2) is 5.82 Å². The number of halogens is 1. The second-order valence-corrected chi connectivity index (χ2v) is 7.91. The van der Waals surface area contributed by atoms with Gasteiger partial charge in [0.05, 0.1) is 18.4 Å². The molecule has 6 nitrogen and oxygen atoms in total. The molecule has 0 spiro atoms. The van der Waals surface area contributed by atoms with Gasteiger partial charge in [0.25, 0.3) is 0 Å². The maximum absolute atomic E-state index is 12.2. The van der Waals surface area contributed by atoms with Gasteiger partial charge < -0.3 is 10.1 Å². The Hall–Kier alpha value is -1.73. The van der Waals surface area contributed by atoms with Crippen molar-refractivity contribution in [1.82, 2.24) is 20.5 Å². The summed E-state index contributed by atoms with van der Waals surface area (Å²) < 4.78 is 5.34. The molecule has 1 saturated carbocycles. The van der Waals surface area contributed by atoms with Crippen molar-refractivity contribution in [2.24, 2.45) is 5.92 Å². The molecule has 140 valence electrons. The zero-order chi connectivity index (χ0) is 18.5. The Bertz CT molecular complexity index is 767. The predicted octanol–water partition coefficient (Wildman–Crippen LogP) is 3.92. The van der Waals surface area contributed by atoms with Gasteiger partial charge in [0.1, 0.15) is 5.75 Å². The highest BCUT2D eigenvalue weighted by Gasteiger charge is 2.23. The van der Waals surface area contributed by atoms with Crippen molar-refractivity contribution in [2.75, 3.05) is 12.9 Å². The molecule has 3 rings (SSSR count). The number of ether oxygens (including phenoxy) is 1. The molecule has 1 amide bonds. The molecule has 2 atom stereocenters. The van der Waals surface area contributed by atoms with Crippen LogP contribution in [0.4, 0.5) is 0 Å². The molecule has 8 heteroatoms. The van der Waals surface area contributed by atoms with Gasteiger partial charge in [0, 0.05) is 11.1 Å². The van der Waals surface area contributed by atoms with Crippen LogP contribution in [0.15, 0.2) is 23.4 Å². The van der Waals surface area contributed by atoms with Gasteiger partial charge in [-0.25, -0.2) is 4.98 Å². The Morgan fingerprint density at radius 1 is 1.42 bits per heavy atom. The summed E-state index contributed by atoms with van der Waals surface area (Å²) in [7, 11) is 1.59. The zero-order valence-electron chi connectivity index (χ0n) is 14.9. The van der Waals surface area contributed by atoms with Crippen molar-refractivity contribution in [2.45, 2.75) is 43.8 Å². The number of carbonyl (C=O) groups excluding carboxylic acids is 1. The summed E-state index contributed by atoms with van der Waals surface area (Å²) in [4.78, 5) is 16.7. The normalized spacial score (nSPS) is 20.0.